The van der Waals surface area contributed by atoms with Gasteiger partial charge >= 0.3 is 0 Å². The third-order valence-electron chi connectivity index (χ3n) is 3.96. The number of imidazole rings is 1. The van der Waals surface area contributed by atoms with Crippen LogP contribution in [0.15, 0.2) is 12.4 Å². The van der Waals surface area contributed by atoms with Crippen LogP contribution in [0.5, 0.6) is 0 Å². The number of nitrogens with zero attached hydrogens (tertiary/aromatic N) is 2. The molecule has 1 fully saturated rings. The molecule has 0 saturated heterocycles. The summed E-state index contributed by atoms with van der Waals surface area (Å²) >= 11 is 0. The fourth-order valence-corrected chi connectivity index (χ4v) is 3.03. The van der Waals surface area contributed by atoms with Crippen molar-refractivity contribution in [3.63, 3.8) is 0 Å². The molecule has 3 nitrogen and oxygen atoms in total. The first-order valence-electron chi connectivity index (χ1n) is 7.43. The molecule has 2 atom stereocenters. The van der Waals surface area contributed by atoms with Crippen molar-refractivity contribution in [3.8, 4) is 0 Å². The van der Waals surface area contributed by atoms with E-state index in [0.717, 1.165) is 24.3 Å². The number of aromatic nitrogens is 2. The van der Waals surface area contributed by atoms with Crippen LogP contribution in [0.4, 0.5) is 5.95 Å². The topological polar surface area (TPSA) is 29.9 Å². The molecule has 0 aliphatic heterocycles. The van der Waals surface area contributed by atoms with Crippen LogP contribution in [-0.2, 0) is 6.54 Å². The van der Waals surface area contributed by atoms with Gasteiger partial charge in [0.25, 0.3) is 0 Å². The first-order chi connectivity index (χ1) is 8.65. The molecule has 1 N–H and O–H groups in total. The monoisotopic (exact) mass is 249 g/mol. The van der Waals surface area contributed by atoms with E-state index < -0.39 is 0 Å². The molecule has 0 spiro atoms. The first-order valence-corrected chi connectivity index (χ1v) is 7.43. The molecule has 1 aromatic heterocycles. The Morgan fingerprint density at radius 3 is 3.00 bits per heavy atom. The molecule has 1 saturated carbocycles. The fraction of sp³-hybridized carbons (Fsp3) is 0.800. The molecular weight excluding hydrogens is 222 g/mol. The summed E-state index contributed by atoms with van der Waals surface area (Å²) < 4.78 is 2.26. The minimum absolute atomic E-state index is 0.445. The molecule has 0 amide bonds. The van der Waals surface area contributed by atoms with Crippen LogP contribution in [0.1, 0.15) is 52.9 Å². The number of nitrogens with one attached hydrogen (secondary N) is 1. The second-order valence-electron chi connectivity index (χ2n) is 6.17. The van der Waals surface area contributed by atoms with Crippen molar-refractivity contribution in [1.29, 1.82) is 0 Å². The predicted octanol–water partition coefficient (Wildman–Crippen LogP) is 3.92. The van der Waals surface area contributed by atoms with E-state index in [4.69, 9.17) is 0 Å². The first kappa shape index (κ1) is 13.4. The molecule has 0 aromatic carbocycles. The molecule has 102 valence electrons. The van der Waals surface area contributed by atoms with Crippen molar-refractivity contribution in [1.82, 2.24) is 9.55 Å². The molecule has 3 heteroatoms. The van der Waals surface area contributed by atoms with Crippen LogP contribution in [0.2, 0.25) is 0 Å². The third kappa shape index (κ3) is 3.76. The van der Waals surface area contributed by atoms with Gasteiger partial charge in [-0.3, -0.25) is 0 Å². The lowest BCUT2D eigenvalue weighted by atomic mass is 9.81. The van der Waals surface area contributed by atoms with Gasteiger partial charge in [0.1, 0.15) is 0 Å². The van der Waals surface area contributed by atoms with Crippen LogP contribution in [0.25, 0.3) is 0 Å². The van der Waals surface area contributed by atoms with E-state index in [9.17, 15) is 0 Å². The highest BCUT2D eigenvalue weighted by molar-refractivity contribution is 5.26. The van der Waals surface area contributed by atoms with Crippen molar-refractivity contribution in [2.75, 3.05) is 5.32 Å². The molecule has 2 unspecified atom stereocenters. The quantitative estimate of drug-likeness (QED) is 0.857. The van der Waals surface area contributed by atoms with Crippen molar-refractivity contribution in [2.24, 2.45) is 11.8 Å². The second kappa shape index (κ2) is 6.26. The normalized spacial score (nSPS) is 24.4. The van der Waals surface area contributed by atoms with E-state index in [1.54, 1.807) is 0 Å². The van der Waals surface area contributed by atoms with E-state index in [0.29, 0.717) is 6.04 Å². The summed E-state index contributed by atoms with van der Waals surface area (Å²) in [5, 5.41) is 3.40. The molecule has 1 aromatic rings. The van der Waals surface area contributed by atoms with Gasteiger partial charge in [0.05, 0.1) is 0 Å². The maximum Gasteiger partial charge on any atom is 0.202 e. The van der Waals surface area contributed by atoms with Gasteiger partial charge in [0.2, 0.25) is 5.95 Å². The standard InChI is InChI=1S/C15H27N3/c1-12(2)17-15-16-8-10-18(15)9-7-14-6-4-5-13(3)11-14/h8,10,12-14H,4-7,9,11H2,1-3H3,(H,16,17). The maximum atomic E-state index is 4.39. The largest absolute Gasteiger partial charge is 0.353 e. The average molecular weight is 249 g/mol. The molecule has 0 bridgehead atoms. The van der Waals surface area contributed by atoms with E-state index >= 15 is 0 Å². The fourth-order valence-electron chi connectivity index (χ4n) is 3.03. The maximum absolute atomic E-state index is 4.39. The minimum atomic E-state index is 0.445. The zero-order valence-corrected chi connectivity index (χ0v) is 12.0. The lowest BCUT2D eigenvalue weighted by Crippen LogP contribution is -2.17. The van der Waals surface area contributed by atoms with Crippen molar-refractivity contribution < 1.29 is 0 Å². The van der Waals surface area contributed by atoms with Gasteiger partial charge in [0, 0.05) is 25.0 Å². The Balaban J connectivity index is 1.84. The Kier molecular flexibility index (Phi) is 4.67. The summed E-state index contributed by atoms with van der Waals surface area (Å²) in [5.41, 5.74) is 0. The number of hydrogen-bond donors (Lipinski definition) is 1. The highest BCUT2D eigenvalue weighted by Gasteiger charge is 2.18. The number of aryl methyl sites for hydroxylation is 1. The molecule has 1 heterocycles. The van der Waals surface area contributed by atoms with E-state index in [-0.39, 0.29) is 0 Å². The van der Waals surface area contributed by atoms with Crippen LogP contribution >= 0.6 is 0 Å². The van der Waals surface area contributed by atoms with Crippen molar-refractivity contribution in [3.05, 3.63) is 12.4 Å². The lowest BCUT2D eigenvalue weighted by Gasteiger charge is -2.27. The highest BCUT2D eigenvalue weighted by atomic mass is 15.2. The van der Waals surface area contributed by atoms with Gasteiger partial charge in [-0.05, 0) is 38.5 Å². The van der Waals surface area contributed by atoms with Gasteiger partial charge in [-0.2, -0.15) is 0 Å². The van der Waals surface area contributed by atoms with Crippen molar-refractivity contribution in [2.45, 2.75) is 65.5 Å². The number of hydrogen-bond acceptors (Lipinski definition) is 2. The Morgan fingerprint density at radius 1 is 1.44 bits per heavy atom. The van der Waals surface area contributed by atoms with Gasteiger partial charge < -0.3 is 9.88 Å². The van der Waals surface area contributed by atoms with E-state index in [1.165, 1.54) is 32.1 Å². The Bertz CT molecular complexity index is 356. The zero-order chi connectivity index (χ0) is 13.0. The second-order valence-corrected chi connectivity index (χ2v) is 6.17. The molecular formula is C15H27N3. The molecule has 0 radical (unpaired) electrons. The van der Waals surface area contributed by atoms with Crippen LogP contribution in [0, 0.1) is 11.8 Å². The number of rotatable bonds is 5. The Hall–Kier alpha value is -0.990. The summed E-state index contributed by atoms with van der Waals surface area (Å²) in [4.78, 5) is 4.39. The summed E-state index contributed by atoms with van der Waals surface area (Å²) in [6.07, 6.45) is 11.0. The lowest BCUT2D eigenvalue weighted by molar-refractivity contribution is 0.261. The Morgan fingerprint density at radius 2 is 2.28 bits per heavy atom. The van der Waals surface area contributed by atoms with Gasteiger partial charge in [-0.25, -0.2) is 4.98 Å². The van der Waals surface area contributed by atoms with Crippen LogP contribution in [0.3, 0.4) is 0 Å². The van der Waals surface area contributed by atoms with Gasteiger partial charge in [-0.1, -0.05) is 26.2 Å². The van der Waals surface area contributed by atoms with E-state index in [1.807, 2.05) is 6.20 Å². The summed E-state index contributed by atoms with van der Waals surface area (Å²) in [6, 6.07) is 0.445. The molecule has 18 heavy (non-hydrogen) atoms. The van der Waals surface area contributed by atoms with Crippen LogP contribution in [-0.4, -0.2) is 15.6 Å². The summed E-state index contributed by atoms with van der Waals surface area (Å²) in [5.74, 6) is 2.87. The number of anilines is 1. The van der Waals surface area contributed by atoms with Gasteiger partial charge in [0.15, 0.2) is 0 Å². The average Bonchev–Trinajstić information content (AvgIpc) is 2.73. The molecule has 1 aliphatic rings. The third-order valence-corrected chi connectivity index (χ3v) is 3.96. The Labute approximate surface area is 111 Å². The van der Waals surface area contributed by atoms with E-state index in [2.05, 4.69) is 41.8 Å². The zero-order valence-electron chi connectivity index (χ0n) is 12.0. The predicted molar refractivity (Wildman–Crippen MR) is 76.7 cm³/mol. The SMILES string of the molecule is CC1CCCC(CCn2ccnc2NC(C)C)C1. The minimum Gasteiger partial charge on any atom is -0.353 e. The molecule has 1 aliphatic carbocycles. The van der Waals surface area contributed by atoms with Crippen LogP contribution < -0.4 is 5.32 Å². The van der Waals surface area contributed by atoms with Gasteiger partial charge in [-0.15, -0.1) is 0 Å². The summed E-state index contributed by atoms with van der Waals surface area (Å²) in [6.45, 7) is 7.81. The smallest absolute Gasteiger partial charge is 0.202 e. The van der Waals surface area contributed by atoms with Crippen molar-refractivity contribution >= 4 is 5.95 Å². The highest BCUT2D eigenvalue weighted by Crippen LogP contribution is 2.31. The summed E-state index contributed by atoms with van der Waals surface area (Å²) in [7, 11) is 0. The molecule has 2 rings (SSSR count).